The van der Waals surface area contributed by atoms with E-state index >= 15 is 0 Å². The summed E-state index contributed by atoms with van der Waals surface area (Å²) < 4.78 is 26.8. The molecule has 0 bridgehead atoms. The van der Waals surface area contributed by atoms with Crippen LogP contribution in [0.1, 0.15) is 30.2 Å². The van der Waals surface area contributed by atoms with Gasteiger partial charge in [-0.3, -0.25) is 9.48 Å². The number of hydrogen-bond acceptors (Lipinski definition) is 4. The zero-order valence-electron chi connectivity index (χ0n) is 13.6. The molecule has 1 aliphatic rings. The molecule has 24 heavy (non-hydrogen) atoms. The lowest BCUT2D eigenvalue weighted by Crippen LogP contribution is -2.38. The van der Waals surface area contributed by atoms with E-state index in [1.807, 2.05) is 30.3 Å². The van der Waals surface area contributed by atoms with Crippen LogP contribution in [-0.2, 0) is 14.6 Å². The van der Waals surface area contributed by atoms with Crippen LogP contribution in [0.25, 0.3) is 0 Å². The predicted molar refractivity (Wildman–Crippen MR) is 91.1 cm³/mol. The smallest absolute Gasteiger partial charge is 0.247 e. The Morgan fingerprint density at radius 3 is 2.62 bits per heavy atom. The van der Waals surface area contributed by atoms with Crippen LogP contribution in [0.3, 0.4) is 0 Å². The summed E-state index contributed by atoms with van der Waals surface area (Å²) in [6, 6.07) is 10.6. The molecule has 2 heterocycles. The van der Waals surface area contributed by atoms with E-state index in [0.717, 1.165) is 5.56 Å². The summed E-state index contributed by atoms with van der Waals surface area (Å²) in [7, 11) is -3.28. The summed E-state index contributed by atoms with van der Waals surface area (Å²) in [6.07, 6.45) is 3.79. The normalized spacial score (nSPS) is 21.9. The lowest BCUT2D eigenvalue weighted by atomic mass is 10.1. The molecule has 0 N–H and O–H groups in total. The van der Waals surface area contributed by atoms with E-state index < -0.39 is 21.1 Å². The second-order valence-electron chi connectivity index (χ2n) is 6.04. The minimum Gasteiger partial charge on any atom is -0.340 e. The standard InChI is InChI=1S/C17H21N3O3S/c1-14(20-10-5-9-18-20)17(21)19-11-8-16(24(22,23)13-12-19)15-6-3-2-4-7-15/h2-7,9-10,14,16H,8,11-13H2,1H3/t14-,16-/m1/s1. The molecule has 2 atom stereocenters. The first-order valence-electron chi connectivity index (χ1n) is 8.03. The van der Waals surface area contributed by atoms with Crippen molar-refractivity contribution in [3.63, 3.8) is 0 Å². The van der Waals surface area contributed by atoms with Crippen molar-refractivity contribution in [1.82, 2.24) is 14.7 Å². The van der Waals surface area contributed by atoms with E-state index in [9.17, 15) is 13.2 Å². The molecule has 0 unspecified atom stereocenters. The first kappa shape index (κ1) is 16.7. The molecular formula is C17H21N3O3S. The number of carbonyl (C=O) groups excluding carboxylic acids is 1. The van der Waals surface area contributed by atoms with E-state index in [-0.39, 0.29) is 18.2 Å². The third-order valence-electron chi connectivity index (χ3n) is 4.50. The van der Waals surface area contributed by atoms with Crippen molar-refractivity contribution >= 4 is 15.7 Å². The molecule has 7 heteroatoms. The first-order chi connectivity index (χ1) is 11.5. The lowest BCUT2D eigenvalue weighted by Gasteiger charge is -2.24. The van der Waals surface area contributed by atoms with E-state index in [1.54, 1.807) is 35.0 Å². The van der Waals surface area contributed by atoms with Gasteiger partial charge < -0.3 is 4.90 Å². The Morgan fingerprint density at radius 1 is 1.21 bits per heavy atom. The quantitative estimate of drug-likeness (QED) is 0.849. The second kappa shape index (κ2) is 6.76. The van der Waals surface area contributed by atoms with E-state index in [4.69, 9.17) is 0 Å². The molecule has 0 spiro atoms. The van der Waals surface area contributed by atoms with Gasteiger partial charge in [0, 0.05) is 25.5 Å². The molecule has 1 saturated heterocycles. The van der Waals surface area contributed by atoms with Gasteiger partial charge in [-0.2, -0.15) is 5.10 Å². The number of nitrogens with zero attached hydrogens (tertiary/aromatic N) is 3. The summed E-state index contributed by atoms with van der Waals surface area (Å²) in [5, 5.41) is 3.55. The largest absolute Gasteiger partial charge is 0.340 e. The SMILES string of the molecule is C[C@H](C(=O)N1CC[C@H](c2ccccc2)S(=O)(=O)CC1)n1cccn1. The van der Waals surface area contributed by atoms with Crippen molar-refractivity contribution in [2.45, 2.75) is 24.6 Å². The van der Waals surface area contributed by atoms with Crippen molar-refractivity contribution in [2.24, 2.45) is 0 Å². The van der Waals surface area contributed by atoms with Gasteiger partial charge in [-0.15, -0.1) is 0 Å². The van der Waals surface area contributed by atoms with Gasteiger partial charge in [0.2, 0.25) is 5.91 Å². The molecule has 2 aromatic rings. The van der Waals surface area contributed by atoms with Crippen molar-refractivity contribution < 1.29 is 13.2 Å². The van der Waals surface area contributed by atoms with Crippen molar-refractivity contribution in [1.29, 1.82) is 0 Å². The zero-order valence-corrected chi connectivity index (χ0v) is 14.4. The second-order valence-corrected chi connectivity index (χ2v) is 8.35. The Balaban J connectivity index is 1.77. The van der Waals surface area contributed by atoms with Crippen LogP contribution < -0.4 is 0 Å². The molecule has 1 aromatic heterocycles. The number of carbonyl (C=O) groups is 1. The molecule has 3 rings (SSSR count). The molecule has 1 fully saturated rings. The topological polar surface area (TPSA) is 72.3 Å². The van der Waals surface area contributed by atoms with E-state index in [1.165, 1.54) is 0 Å². The number of rotatable bonds is 3. The van der Waals surface area contributed by atoms with Gasteiger partial charge in [0.1, 0.15) is 6.04 Å². The van der Waals surface area contributed by atoms with Gasteiger partial charge in [-0.25, -0.2) is 8.42 Å². The van der Waals surface area contributed by atoms with Crippen LogP contribution in [0, 0.1) is 0 Å². The summed E-state index contributed by atoms with van der Waals surface area (Å²) in [5.41, 5.74) is 0.798. The highest BCUT2D eigenvalue weighted by Gasteiger charge is 2.33. The Labute approximate surface area is 142 Å². The predicted octanol–water partition coefficient (Wildman–Crippen LogP) is 1.83. The molecule has 0 radical (unpaired) electrons. The van der Waals surface area contributed by atoms with Gasteiger partial charge in [-0.1, -0.05) is 30.3 Å². The van der Waals surface area contributed by atoms with Crippen molar-refractivity contribution in [2.75, 3.05) is 18.8 Å². The maximum Gasteiger partial charge on any atom is 0.247 e. The summed E-state index contributed by atoms with van der Waals surface area (Å²) >= 11 is 0. The molecule has 1 aliphatic heterocycles. The van der Waals surface area contributed by atoms with Crippen molar-refractivity contribution in [3.8, 4) is 0 Å². The van der Waals surface area contributed by atoms with Gasteiger partial charge >= 0.3 is 0 Å². The third kappa shape index (κ3) is 3.36. The van der Waals surface area contributed by atoms with Crippen LogP contribution >= 0.6 is 0 Å². The number of benzene rings is 1. The highest BCUT2D eigenvalue weighted by Crippen LogP contribution is 2.29. The summed E-state index contributed by atoms with van der Waals surface area (Å²) in [6.45, 7) is 2.45. The van der Waals surface area contributed by atoms with Crippen LogP contribution in [0.5, 0.6) is 0 Å². The summed E-state index contributed by atoms with van der Waals surface area (Å²) in [4.78, 5) is 14.3. The molecule has 0 aliphatic carbocycles. The van der Waals surface area contributed by atoms with Gasteiger partial charge in [-0.05, 0) is 25.0 Å². The van der Waals surface area contributed by atoms with Crippen LogP contribution in [-0.4, -0.2) is 47.8 Å². The fourth-order valence-electron chi connectivity index (χ4n) is 3.09. The summed E-state index contributed by atoms with van der Waals surface area (Å²) in [5.74, 6) is -0.105. The van der Waals surface area contributed by atoms with E-state index in [0.29, 0.717) is 13.0 Å². The fraction of sp³-hybridized carbons (Fsp3) is 0.412. The Morgan fingerprint density at radius 2 is 1.96 bits per heavy atom. The number of sulfone groups is 1. The highest BCUT2D eigenvalue weighted by atomic mass is 32.2. The zero-order chi connectivity index (χ0) is 17.2. The van der Waals surface area contributed by atoms with Gasteiger partial charge in [0.25, 0.3) is 0 Å². The third-order valence-corrected chi connectivity index (χ3v) is 6.63. The van der Waals surface area contributed by atoms with Crippen LogP contribution in [0.2, 0.25) is 0 Å². The Kier molecular flexibility index (Phi) is 4.71. The maximum absolute atomic E-state index is 12.7. The Bertz CT molecular complexity index is 788. The fourth-order valence-corrected chi connectivity index (χ4v) is 4.89. The van der Waals surface area contributed by atoms with Gasteiger partial charge in [0.05, 0.1) is 11.0 Å². The maximum atomic E-state index is 12.7. The number of hydrogen-bond donors (Lipinski definition) is 0. The number of amides is 1. The average Bonchev–Trinajstić information content (AvgIpc) is 3.06. The molecule has 1 aromatic carbocycles. The monoisotopic (exact) mass is 347 g/mol. The Hall–Kier alpha value is -2.15. The average molecular weight is 347 g/mol. The van der Waals surface area contributed by atoms with Crippen LogP contribution in [0.4, 0.5) is 0 Å². The van der Waals surface area contributed by atoms with Gasteiger partial charge in [0.15, 0.2) is 9.84 Å². The molecule has 6 nitrogen and oxygen atoms in total. The first-order valence-corrected chi connectivity index (χ1v) is 9.75. The molecule has 128 valence electrons. The molecule has 0 saturated carbocycles. The number of aromatic nitrogens is 2. The lowest BCUT2D eigenvalue weighted by molar-refractivity contribution is -0.134. The van der Waals surface area contributed by atoms with Crippen molar-refractivity contribution in [3.05, 3.63) is 54.4 Å². The van der Waals surface area contributed by atoms with E-state index in [2.05, 4.69) is 5.10 Å². The molecular weight excluding hydrogens is 326 g/mol. The highest BCUT2D eigenvalue weighted by molar-refractivity contribution is 7.91. The molecule has 1 amide bonds. The minimum atomic E-state index is -3.28. The van der Waals surface area contributed by atoms with Crippen LogP contribution in [0.15, 0.2) is 48.8 Å². The minimum absolute atomic E-state index is 0.00979.